The molecule has 0 atom stereocenters. The monoisotopic (exact) mass is 418 g/mol. The van der Waals surface area contributed by atoms with E-state index >= 15 is 0 Å². The van der Waals surface area contributed by atoms with Crippen LogP contribution < -0.4 is 15.5 Å². The van der Waals surface area contributed by atoms with Crippen LogP contribution in [0.3, 0.4) is 0 Å². The highest BCUT2D eigenvalue weighted by Gasteiger charge is 2.00. The highest BCUT2D eigenvalue weighted by atomic mass is 127. The lowest BCUT2D eigenvalue weighted by Gasteiger charge is -2.14. The lowest BCUT2D eigenvalue weighted by atomic mass is 10.1. The maximum absolute atomic E-state index is 4.24. The minimum absolute atomic E-state index is 0. The van der Waals surface area contributed by atoms with Crippen LogP contribution in [0, 0.1) is 5.92 Å². The van der Waals surface area contributed by atoms with E-state index in [9.17, 15) is 0 Å². The number of guanidine groups is 1. The third kappa shape index (κ3) is 8.46. The Balaban J connectivity index is 0.00000441. The minimum Gasteiger partial charge on any atom is -0.378 e. The van der Waals surface area contributed by atoms with E-state index in [0.717, 1.165) is 31.9 Å². The Morgan fingerprint density at radius 3 is 2.18 bits per heavy atom. The van der Waals surface area contributed by atoms with Crippen LogP contribution in [-0.4, -0.2) is 40.2 Å². The number of hydrogen-bond donors (Lipinski definition) is 2. The zero-order valence-corrected chi connectivity index (χ0v) is 16.8. The van der Waals surface area contributed by atoms with Gasteiger partial charge in [0.1, 0.15) is 0 Å². The molecule has 1 aromatic rings. The van der Waals surface area contributed by atoms with Gasteiger partial charge in [-0.3, -0.25) is 4.99 Å². The van der Waals surface area contributed by atoms with Crippen LogP contribution in [0.15, 0.2) is 29.3 Å². The second-order valence-electron chi connectivity index (χ2n) is 5.92. The normalized spacial score (nSPS) is 11.1. The molecule has 1 rings (SSSR count). The van der Waals surface area contributed by atoms with Gasteiger partial charge in [0, 0.05) is 39.9 Å². The molecule has 126 valence electrons. The van der Waals surface area contributed by atoms with Crippen LogP contribution in [0.25, 0.3) is 0 Å². The van der Waals surface area contributed by atoms with Crippen LogP contribution in [0.4, 0.5) is 5.69 Å². The number of anilines is 1. The van der Waals surface area contributed by atoms with Gasteiger partial charge in [-0.2, -0.15) is 0 Å². The first-order valence-electron chi connectivity index (χ1n) is 7.73. The van der Waals surface area contributed by atoms with Crippen molar-refractivity contribution in [1.82, 2.24) is 10.6 Å². The molecule has 4 nitrogen and oxygen atoms in total. The van der Waals surface area contributed by atoms with Crippen LogP contribution >= 0.6 is 24.0 Å². The highest BCUT2D eigenvalue weighted by molar-refractivity contribution is 14.0. The molecule has 22 heavy (non-hydrogen) atoms. The van der Waals surface area contributed by atoms with Gasteiger partial charge in [0.2, 0.25) is 0 Å². The Labute approximate surface area is 152 Å². The predicted octanol–water partition coefficient (Wildman–Crippen LogP) is 3.12. The molecule has 0 aromatic heterocycles. The molecule has 0 saturated carbocycles. The molecule has 0 aliphatic heterocycles. The van der Waals surface area contributed by atoms with Gasteiger partial charge in [0.15, 0.2) is 5.96 Å². The summed E-state index contributed by atoms with van der Waals surface area (Å²) in [6.45, 7) is 6.32. The first-order valence-corrected chi connectivity index (χ1v) is 7.73. The van der Waals surface area contributed by atoms with Gasteiger partial charge in [-0.25, -0.2) is 0 Å². The Kier molecular flexibility index (Phi) is 11.1. The fourth-order valence-electron chi connectivity index (χ4n) is 1.99. The van der Waals surface area contributed by atoms with E-state index in [-0.39, 0.29) is 24.0 Å². The smallest absolute Gasteiger partial charge is 0.190 e. The van der Waals surface area contributed by atoms with Crippen molar-refractivity contribution in [2.24, 2.45) is 10.9 Å². The Morgan fingerprint density at radius 2 is 1.68 bits per heavy atom. The molecule has 0 bridgehead atoms. The van der Waals surface area contributed by atoms with E-state index < -0.39 is 0 Å². The largest absolute Gasteiger partial charge is 0.378 e. The number of aliphatic imine (C=N–C) groups is 1. The zero-order chi connectivity index (χ0) is 15.7. The van der Waals surface area contributed by atoms with Crippen molar-refractivity contribution in [1.29, 1.82) is 0 Å². The Morgan fingerprint density at radius 1 is 1.09 bits per heavy atom. The number of rotatable bonds is 7. The van der Waals surface area contributed by atoms with Gasteiger partial charge in [0.05, 0.1) is 0 Å². The molecule has 0 aliphatic carbocycles. The number of nitrogens with zero attached hydrogens (tertiary/aromatic N) is 2. The zero-order valence-electron chi connectivity index (χ0n) is 14.5. The third-order valence-corrected chi connectivity index (χ3v) is 3.40. The second-order valence-corrected chi connectivity index (χ2v) is 5.92. The SMILES string of the molecule is CN=C(NCCc1ccc(N(C)C)cc1)NCCC(C)C.I. The molecular weight excluding hydrogens is 387 g/mol. The summed E-state index contributed by atoms with van der Waals surface area (Å²) in [5.74, 6) is 1.60. The van der Waals surface area contributed by atoms with Gasteiger partial charge in [-0.1, -0.05) is 26.0 Å². The average Bonchev–Trinajstić information content (AvgIpc) is 2.45. The van der Waals surface area contributed by atoms with Gasteiger partial charge in [-0.05, 0) is 36.5 Å². The summed E-state index contributed by atoms with van der Waals surface area (Å²) in [4.78, 5) is 6.35. The van der Waals surface area contributed by atoms with E-state index in [2.05, 4.69) is 72.7 Å². The number of halogens is 1. The molecule has 0 spiro atoms. The molecule has 1 aromatic carbocycles. The third-order valence-electron chi connectivity index (χ3n) is 3.40. The van der Waals surface area contributed by atoms with E-state index in [1.54, 1.807) is 0 Å². The van der Waals surface area contributed by atoms with Crippen LogP contribution in [0.1, 0.15) is 25.8 Å². The van der Waals surface area contributed by atoms with Crippen LogP contribution in [0.5, 0.6) is 0 Å². The average molecular weight is 418 g/mol. The van der Waals surface area contributed by atoms with E-state index in [1.807, 2.05) is 7.05 Å². The van der Waals surface area contributed by atoms with Crippen molar-refractivity contribution in [2.75, 3.05) is 39.1 Å². The molecular formula is C17H31IN4. The van der Waals surface area contributed by atoms with Crippen LogP contribution in [0.2, 0.25) is 0 Å². The minimum atomic E-state index is 0. The number of hydrogen-bond acceptors (Lipinski definition) is 2. The quantitative estimate of drug-likeness (QED) is 0.406. The molecule has 2 N–H and O–H groups in total. The summed E-state index contributed by atoms with van der Waals surface area (Å²) < 4.78 is 0. The molecule has 0 aliphatic rings. The van der Waals surface area contributed by atoms with E-state index in [0.29, 0.717) is 5.92 Å². The first-order chi connectivity index (χ1) is 10.0. The van der Waals surface area contributed by atoms with Crippen molar-refractivity contribution in [2.45, 2.75) is 26.7 Å². The first kappa shape index (κ1) is 21.0. The molecule has 0 radical (unpaired) electrons. The molecule has 0 heterocycles. The van der Waals surface area contributed by atoms with Crippen molar-refractivity contribution in [3.63, 3.8) is 0 Å². The number of nitrogens with one attached hydrogen (secondary N) is 2. The van der Waals surface area contributed by atoms with Crippen molar-refractivity contribution in [3.8, 4) is 0 Å². The summed E-state index contributed by atoms with van der Waals surface area (Å²) >= 11 is 0. The van der Waals surface area contributed by atoms with Gasteiger partial charge in [-0.15, -0.1) is 24.0 Å². The molecule has 0 amide bonds. The topological polar surface area (TPSA) is 39.7 Å². The van der Waals surface area contributed by atoms with Crippen molar-refractivity contribution in [3.05, 3.63) is 29.8 Å². The van der Waals surface area contributed by atoms with Gasteiger partial charge >= 0.3 is 0 Å². The molecule has 0 fully saturated rings. The van der Waals surface area contributed by atoms with Gasteiger partial charge < -0.3 is 15.5 Å². The lowest BCUT2D eigenvalue weighted by Crippen LogP contribution is -2.39. The van der Waals surface area contributed by atoms with Crippen molar-refractivity contribution < 1.29 is 0 Å². The maximum atomic E-state index is 4.24. The fraction of sp³-hybridized carbons (Fsp3) is 0.588. The highest BCUT2D eigenvalue weighted by Crippen LogP contribution is 2.12. The summed E-state index contributed by atoms with van der Waals surface area (Å²) in [7, 11) is 5.93. The summed E-state index contributed by atoms with van der Waals surface area (Å²) in [5, 5.41) is 6.70. The van der Waals surface area contributed by atoms with E-state index in [4.69, 9.17) is 0 Å². The predicted molar refractivity (Wildman–Crippen MR) is 109 cm³/mol. The van der Waals surface area contributed by atoms with Crippen molar-refractivity contribution >= 4 is 35.6 Å². The Hall–Kier alpha value is -0.980. The molecule has 0 saturated heterocycles. The standard InChI is InChI=1S/C17H30N4.HI/c1-14(2)10-12-19-17(18-3)20-13-11-15-6-8-16(9-7-15)21(4)5;/h6-9,14H,10-13H2,1-5H3,(H2,18,19,20);1H. The Bertz CT molecular complexity index is 427. The summed E-state index contributed by atoms with van der Waals surface area (Å²) in [6, 6.07) is 8.69. The summed E-state index contributed by atoms with van der Waals surface area (Å²) in [6.07, 6.45) is 2.16. The number of benzene rings is 1. The lowest BCUT2D eigenvalue weighted by molar-refractivity contribution is 0.573. The second kappa shape index (κ2) is 11.6. The molecule has 5 heteroatoms. The van der Waals surface area contributed by atoms with Crippen LogP contribution in [-0.2, 0) is 6.42 Å². The maximum Gasteiger partial charge on any atom is 0.190 e. The molecule has 0 unspecified atom stereocenters. The van der Waals surface area contributed by atoms with Gasteiger partial charge in [0.25, 0.3) is 0 Å². The fourth-order valence-corrected chi connectivity index (χ4v) is 1.99. The summed E-state index contributed by atoms with van der Waals surface area (Å²) in [5.41, 5.74) is 2.57. The van der Waals surface area contributed by atoms with E-state index in [1.165, 1.54) is 11.3 Å².